The van der Waals surface area contributed by atoms with Crippen molar-refractivity contribution in [2.75, 3.05) is 10.6 Å². The van der Waals surface area contributed by atoms with Gasteiger partial charge in [0.15, 0.2) is 0 Å². The first-order valence-electron chi connectivity index (χ1n) is 10.4. The first-order valence-corrected chi connectivity index (χ1v) is 10.4. The zero-order valence-corrected chi connectivity index (χ0v) is 17.7. The molecule has 5 aromatic rings. The smallest absolute Gasteiger partial charge is 0.336 e. The average molecular weight is 450 g/mol. The van der Waals surface area contributed by atoms with Crippen LogP contribution in [-0.4, -0.2) is 27.0 Å². The Morgan fingerprint density at radius 2 is 1.56 bits per heavy atom. The molecule has 8 heteroatoms. The molecule has 0 unspecified atom stereocenters. The zero-order valence-electron chi connectivity index (χ0n) is 17.7. The second kappa shape index (κ2) is 8.51. The van der Waals surface area contributed by atoms with Crippen LogP contribution in [0.1, 0.15) is 20.7 Å². The number of carbonyl (C=O) groups is 2. The van der Waals surface area contributed by atoms with Crippen LogP contribution in [-0.2, 0) is 0 Å². The number of amides is 1. The van der Waals surface area contributed by atoms with Crippen LogP contribution in [0.25, 0.3) is 21.8 Å². The van der Waals surface area contributed by atoms with Gasteiger partial charge in [0.25, 0.3) is 11.5 Å². The monoisotopic (exact) mass is 450 g/mol. The fourth-order valence-corrected chi connectivity index (χ4v) is 3.87. The van der Waals surface area contributed by atoms with E-state index in [1.165, 1.54) is 6.07 Å². The molecule has 0 bridgehead atoms. The third kappa shape index (κ3) is 3.84. The van der Waals surface area contributed by atoms with Gasteiger partial charge in [0.1, 0.15) is 5.65 Å². The Hall–Kier alpha value is -4.98. The number of anilines is 3. The van der Waals surface area contributed by atoms with Crippen molar-refractivity contribution in [2.24, 2.45) is 0 Å². The summed E-state index contributed by atoms with van der Waals surface area (Å²) >= 11 is 0. The number of benzene rings is 3. The number of hydrogen-bond donors (Lipinski definition) is 4. The molecule has 0 aliphatic carbocycles. The molecule has 0 spiro atoms. The van der Waals surface area contributed by atoms with Crippen molar-refractivity contribution in [2.45, 2.75) is 0 Å². The van der Waals surface area contributed by atoms with Crippen molar-refractivity contribution in [3.63, 3.8) is 0 Å². The second-order valence-corrected chi connectivity index (χ2v) is 7.59. The highest BCUT2D eigenvalue weighted by molar-refractivity contribution is 6.15. The van der Waals surface area contributed by atoms with Gasteiger partial charge in [-0.2, -0.15) is 0 Å². The molecule has 0 aliphatic heterocycles. The summed E-state index contributed by atoms with van der Waals surface area (Å²) in [4.78, 5) is 43.6. The Kier molecular flexibility index (Phi) is 5.23. The van der Waals surface area contributed by atoms with Gasteiger partial charge in [0.2, 0.25) is 0 Å². The lowest BCUT2D eigenvalue weighted by Crippen LogP contribution is -2.12. The van der Waals surface area contributed by atoms with E-state index < -0.39 is 11.5 Å². The Morgan fingerprint density at radius 1 is 0.824 bits per heavy atom. The maximum Gasteiger partial charge on any atom is 0.336 e. The third-order valence-electron chi connectivity index (χ3n) is 5.43. The highest BCUT2D eigenvalue weighted by atomic mass is 16.4. The number of hydrogen-bond acceptors (Lipinski definition) is 5. The molecule has 166 valence electrons. The number of aromatic carboxylic acids is 1. The Morgan fingerprint density at radius 3 is 2.29 bits per heavy atom. The van der Waals surface area contributed by atoms with Gasteiger partial charge >= 0.3 is 5.97 Å². The summed E-state index contributed by atoms with van der Waals surface area (Å²) in [5.41, 5.74) is 2.35. The maximum atomic E-state index is 12.6. The molecule has 0 atom stereocenters. The predicted molar refractivity (Wildman–Crippen MR) is 131 cm³/mol. The molecular formula is C26H18N4O4. The summed E-state index contributed by atoms with van der Waals surface area (Å²) in [6.07, 6.45) is 1.56. The largest absolute Gasteiger partial charge is 0.478 e. The van der Waals surface area contributed by atoms with E-state index in [4.69, 9.17) is 0 Å². The number of aromatic amines is 1. The van der Waals surface area contributed by atoms with E-state index in [1.807, 2.05) is 18.2 Å². The van der Waals surface area contributed by atoms with Crippen LogP contribution in [0.4, 0.5) is 17.1 Å². The van der Waals surface area contributed by atoms with E-state index in [0.717, 1.165) is 5.69 Å². The Labute approximate surface area is 192 Å². The number of carboxylic acids is 1. The number of nitrogens with zero attached hydrogens (tertiary/aromatic N) is 1. The summed E-state index contributed by atoms with van der Waals surface area (Å²) in [5, 5.41) is 16.9. The van der Waals surface area contributed by atoms with Crippen molar-refractivity contribution in [3.05, 3.63) is 107 Å². The zero-order chi connectivity index (χ0) is 23.7. The van der Waals surface area contributed by atoms with Crippen molar-refractivity contribution in [1.29, 1.82) is 0 Å². The molecule has 1 amide bonds. The number of aromatic nitrogens is 2. The quantitative estimate of drug-likeness (QED) is 0.286. The predicted octanol–water partition coefficient (Wildman–Crippen LogP) is 4.77. The van der Waals surface area contributed by atoms with Crippen LogP contribution in [0.5, 0.6) is 0 Å². The number of rotatable bonds is 5. The van der Waals surface area contributed by atoms with Crippen LogP contribution in [0.2, 0.25) is 0 Å². The summed E-state index contributed by atoms with van der Waals surface area (Å²) in [6, 6.07) is 22.6. The van der Waals surface area contributed by atoms with Gasteiger partial charge in [-0.15, -0.1) is 0 Å². The molecular weight excluding hydrogens is 432 g/mol. The van der Waals surface area contributed by atoms with Crippen LogP contribution in [0, 0.1) is 0 Å². The summed E-state index contributed by atoms with van der Waals surface area (Å²) in [5.74, 6) is -1.38. The van der Waals surface area contributed by atoms with E-state index >= 15 is 0 Å². The number of carboxylic acid groups (broad SMARTS) is 1. The number of pyridine rings is 2. The van der Waals surface area contributed by atoms with Crippen LogP contribution < -0.4 is 16.2 Å². The van der Waals surface area contributed by atoms with Crippen LogP contribution in [0.3, 0.4) is 0 Å². The first-order chi connectivity index (χ1) is 16.5. The average Bonchev–Trinajstić information content (AvgIpc) is 2.85. The second-order valence-electron chi connectivity index (χ2n) is 7.59. The standard InChI is InChI=1S/C26H18N4O4/c31-24(15-5-2-1-3-6-15)29-17-11-9-16(10-12-17)28-20-13-14-27-23-22(20)18-7-4-8-19(26(33)34)21(18)25(32)30-23/h1-14H,(H,29,31)(H,33,34)(H2,27,28,30,32). The molecule has 0 radical (unpaired) electrons. The first kappa shape index (κ1) is 20.9. The molecule has 4 N–H and O–H groups in total. The minimum atomic E-state index is -1.18. The molecule has 0 aliphatic rings. The molecule has 8 nitrogen and oxygen atoms in total. The van der Waals surface area contributed by atoms with E-state index in [-0.39, 0.29) is 16.9 Å². The number of carbonyl (C=O) groups excluding carboxylic acids is 1. The maximum absolute atomic E-state index is 12.6. The lowest BCUT2D eigenvalue weighted by molar-refractivity contribution is 0.0698. The fourth-order valence-electron chi connectivity index (χ4n) is 3.87. The van der Waals surface area contributed by atoms with Gasteiger partial charge in [-0.25, -0.2) is 9.78 Å². The summed E-state index contributed by atoms with van der Waals surface area (Å²) < 4.78 is 0. The summed E-state index contributed by atoms with van der Waals surface area (Å²) in [7, 11) is 0. The molecule has 5 rings (SSSR count). The van der Waals surface area contributed by atoms with E-state index in [9.17, 15) is 19.5 Å². The third-order valence-corrected chi connectivity index (χ3v) is 5.43. The number of nitrogens with one attached hydrogen (secondary N) is 3. The molecule has 2 aromatic heterocycles. The van der Waals surface area contributed by atoms with Gasteiger partial charge in [0, 0.05) is 33.9 Å². The Bertz CT molecular complexity index is 1610. The van der Waals surface area contributed by atoms with Crippen LogP contribution in [0.15, 0.2) is 89.9 Å². The van der Waals surface area contributed by atoms with E-state index in [1.54, 1.807) is 60.8 Å². The lowest BCUT2D eigenvalue weighted by Gasteiger charge is -2.13. The fraction of sp³-hybridized carbons (Fsp3) is 0. The van der Waals surface area contributed by atoms with E-state index in [2.05, 4.69) is 20.6 Å². The van der Waals surface area contributed by atoms with Gasteiger partial charge in [-0.1, -0.05) is 30.3 Å². The molecule has 34 heavy (non-hydrogen) atoms. The highest BCUT2D eigenvalue weighted by Gasteiger charge is 2.16. The number of fused-ring (bicyclic) bond motifs is 3. The normalized spacial score (nSPS) is 10.8. The van der Waals surface area contributed by atoms with Crippen molar-refractivity contribution in [1.82, 2.24) is 9.97 Å². The van der Waals surface area contributed by atoms with E-state index in [0.29, 0.717) is 33.4 Å². The van der Waals surface area contributed by atoms with Crippen molar-refractivity contribution < 1.29 is 14.7 Å². The van der Waals surface area contributed by atoms with Crippen molar-refractivity contribution >= 4 is 50.7 Å². The minimum absolute atomic E-state index is 0.0750. The SMILES string of the molecule is O=C(Nc1ccc(Nc2ccnc3[nH]c(=O)c4c(C(=O)O)cccc4c23)cc1)c1ccccc1. The van der Waals surface area contributed by atoms with Gasteiger partial charge in [-0.3, -0.25) is 9.59 Å². The molecule has 0 saturated heterocycles. The molecule has 0 fully saturated rings. The van der Waals surface area contributed by atoms with Crippen LogP contribution >= 0.6 is 0 Å². The summed E-state index contributed by atoms with van der Waals surface area (Å²) in [6.45, 7) is 0. The lowest BCUT2D eigenvalue weighted by atomic mass is 10.0. The Balaban J connectivity index is 1.49. The number of H-pyrrole nitrogens is 1. The topological polar surface area (TPSA) is 124 Å². The van der Waals surface area contributed by atoms with Gasteiger partial charge in [-0.05, 0) is 48.5 Å². The molecule has 3 aromatic carbocycles. The molecule has 2 heterocycles. The highest BCUT2D eigenvalue weighted by Crippen LogP contribution is 2.31. The minimum Gasteiger partial charge on any atom is -0.478 e. The van der Waals surface area contributed by atoms with Gasteiger partial charge in [0.05, 0.1) is 16.6 Å². The molecule has 0 saturated carbocycles. The van der Waals surface area contributed by atoms with Gasteiger partial charge < -0.3 is 20.7 Å². The van der Waals surface area contributed by atoms with Crippen molar-refractivity contribution in [3.8, 4) is 0 Å².